The molecule has 0 saturated heterocycles. The Labute approximate surface area is 149 Å². The third kappa shape index (κ3) is 3.12. The van der Waals surface area contributed by atoms with Crippen molar-refractivity contribution in [2.45, 2.75) is 25.6 Å². The number of pyridine rings is 1. The first kappa shape index (κ1) is 18.2. The van der Waals surface area contributed by atoms with Crippen LogP contribution in [0.25, 0.3) is 11.1 Å². The summed E-state index contributed by atoms with van der Waals surface area (Å²) >= 11 is 5.83. The molecule has 0 atom stereocenters. The van der Waals surface area contributed by atoms with Gasteiger partial charge in [0.1, 0.15) is 6.54 Å². The van der Waals surface area contributed by atoms with Gasteiger partial charge in [-0.05, 0) is 30.2 Å². The van der Waals surface area contributed by atoms with Gasteiger partial charge in [0, 0.05) is 34.3 Å². The molecule has 9 heteroatoms. The Hall–Kier alpha value is -2.61. The molecule has 1 aliphatic carbocycles. The number of nitrogens with zero attached hydrogens (tertiary/aromatic N) is 1. The maximum absolute atomic E-state index is 13.4. The van der Waals surface area contributed by atoms with Crippen LogP contribution in [0.4, 0.5) is 13.2 Å². The van der Waals surface area contributed by atoms with Gasteiger partial charge in [-0.15, -0.1) is 0 Å². The summed E-state index contributed by atoms with van der Waals surface area (Å²) in [7, 11) is 0. The number of carbonyl (C=O) groups is 2. The van der Waals surface area contributed by atoms with E-state index in [1.807, 2.05) is 0 Å². The van der Waals surface area contributed by atoms with E-state index in [0.717, 1.165) is 28.8 Å². The Balaban J connectivity index is 2.36. The van der Waals surface area contributed by atoms with E-state index in [-0.39, 0.29) is 40.2 Å². The van der Waals surface area contributed by atoms with Gasteiger partial charge in [-0.3, -0.25) is 14.4 Å². The topological polar surface area (TPSA) is 76.4 Å². The number of alkyl halides is 3. The fraction of sp³-hybridized carbons (Fsp3) is 0.235. The van der Waals surface area contributed by atoms with E-state index in [1.54, 1.807) is 0 Å². The summed E-state index contributed by atoms with van der Waals surface area (Å²) in [6, 6.07) is 3.77. The maximum atomic E-state index is 13.4. The van der Waals surface area contributed by atoms with Gasteiger partial charge in [0.2, 0.25) is 0 Å². The van der Waals surface area contributed by atoms with E-state index in [4.69, 9.17) is 16.7 Å². The minimum Gasteiger partial charge on any atom is -0.480 e. The van der Waals surface area contributed by atoms with E-state index in [2.05, 4.69) is 0 Å². The Morgan fingerprint density at radius 1 is 1.15 bits per heavy atom. The summed E-state index contributed by atoms with van der Waals surface area (Å²) in [5.41, 5.74) is -2.30. The second kappa shape index (κ2) is 6.28. The summed E-state index contributed by atoms with van der Waals surface area (Å²) in [5.74, 6) is -1.73. The van der Waals surface area contributed by atoms with E-state index in [9.17, 15) is 27.6 Å². The molecule has 0 bridgehead atoms. The van der Waals surface area contributed by atoms with Crippen LogP contribution in [-0.2, 0) is 23.9 Å². The number of rotatable bonds is 3. The highest BCUT2D eigenvalue weighted by molar-refractivity contribution is 6.31. The smallest absolute Gasteiger partial charge is 0.417 e. The first-order chi connectivity index (χ1) is 12.1. The third-order valence-electron chi connectivity index (χ3n) is 4.16. The first-order valence-corrected chi connectivity index (χ1v) is 7.86. The predicted molar refractivity (Wildman–Crippen MR) is 86.4 cm³/mol. The van der Waals surface area contributed by atoms with E-state index >= 15 is 0 Å². The normalized spacial score (nSPS) is 13.8. The zero-order valence-electron chi connectivity index (χ0n) is 13.1. The van der Waals surface area contributed by atoms with Crippen molar-refractivity contribution < 1.29 is 27.9 Å². The lowest BCUT2D eigenvalue weighted by atomic mass is 9.94. The molecule has 0 fully saturated rings. The van der Waals surface area contributed by atoms with Gasteiger partial charge in [-0.1, -0.05) is 11.6 Å². The Morgan fingerprint density at radius 3 is 2.46 bits per heavy atom. The number of carboxylic acid groups (broad SMARTS) is 1. The van der Waals surface area contributed by atoms with Crippen LogP contribution in [0.3, 0.4) is 0 Å². The molecule has 3 rings (SSSR count). The van der Waals surface area contributed by atoms with E-state index in [0.29, 0.717) is 0 Å². The number of carboxylic acids is 1. The van der Waals surface area contributed by atoms with Crippen molar-refractivity contribution in [3.63, 3.8) is 0 Å². The zero-order chi connectivity index (χ0) is 19.2. The number of fused-ring (bicyclic) bond motifs is 1. The lowest BCUT2D eigenvalue weighted by molar-refractivity contribution is -0.138. The molecule has 0 aliphatic heterocycles. The molecule has 1 aromatic carbocycles. The molecule has 0 spiro atoms. The van der Waals surface area contributed by atoms with Crippen LogP contribution in [0, 0.1) is 0 Å². The van der Waals surface area contributed by atoms with Crippen LogP contribution in [0.5, 0.6) is 0 Å². The number of aliphatic carboxylic acids is 1. The molecule has 0 amide bonds. The molecular formula is C17H11ClF3NO4. The highest BCUT2D eigenvalue weighted by Gasteiger charge is 2.36. The Kier molecular flexibility index (Phi) is 4.39. The average Bonchev–Trinajstić information content (AvgIpc) is 2.90. The molecule has 1 N–H and O–H groups in total. The summed E-state index contributed by atoms with van der Waals surface area (Å²) in [5, 5.41) is 8.97. The molecule has 0 radical (unpaired) electrons. The highest BCUT2D eigenvalue weighted by Crippen LogP contribution is 2.41. The first-order valence-electron chi connectivity index (χ1n) is 7.48. The van der Waals surface area contributed by atoms with Crippen LogP contribution in [-0.4, -0.2) is 21.4 Å². The Bertz CT molecular complexity index is 995. The van der Waals surface area contributed by atoms with Crippen molar-refractivity contribution >= 4 is 23.4 Å². The van der Waals surface area contributed by atoms with E-state index in [1.165, 1.54) is 0 Å². The lowest BCUT2D eigenvalue weighted by Gasteiger charge is -2.17. The standard InChI is InChI=1S/C17H11ClF3NO4/c18-8-1-2-11(17(19,20)21)9(5-8)10-6-14(24)22(7-15(25)26)12-3-4-13(23)16(10)12/h1-2,5-6H,3-4,7H2,(H,25,26). The number of hydrogen-bond donors (Lipinski definition) is 1. The largest absolute Gasteiger partial charge is 0.480 e. The van der Waals surface area contributed by atoms with Gasteiger partial charge in [0.05, 0.1) is 5.56 Å². The van der Waals surface area contributed by atoms with Gasteiger partial charge in [0.25, 0.3) is 5.56 Å². The van der Waals surface area contributed by atoms with Crippen LogP contribution < -0.4 is 5.56 Å². The highest BCUT2D eigenvalue weighted by atomic mass is 35.5. The summed E-state index contributed by atoms with van der Waals surface area (Å²) in [6.45, 7) is -0.670. The molecule has 136 valence electrons. The van der Waals surface area contributed by atoms with E-state index < -0.39 is 35.6 Å². The van der Waals surface area contributed by atoms with Crippen molar-refractivity contribution in [2.24, 2.45) is 0 Å². The monoisotopic (exact) mass is 385 g/mol. The molecular weight excluding hydrogens is 375 g/mol. The van der Waals surface area contributed by atoms with Gasteiger partial charge in [-0.2, -0.15) is 13.2 Å². The average molecular weight is 386 g/mol. The van der Waals surface area contributed by atoms with Gasteiger partial charge < -0.3 is 9.67 Å². The van der Waals surface area contributed by atoms with Gasteiger partial charge >= 0.3 is 12.1 Å². The van der Waals surface area contributed by atoms with Crippen LogP contribution in [0.1, 0.15) is 28.0 Å². The molecule has 5 nitrogen and oxygen atoms in total. The SMILES string of the molecule is O=C(O)Cn1c2c(c(-c3cc(Cl)ccc3C(F)(F)F)cc1=O)C(=O)CC2. The van der Waals surface area contributed by atoms with Crippen LogP contribution in [0.15, 0.2) is 29.1 Å². The zero-order valence-corrected chi connectivity index (χ0v) is 13.8. The fourth-order valence-electron chi connectivity index (χ4n) is 3.13. The number of ketones is 1. The quantitative estimate of drug-likeness (QED) is 0.878. The summed E-state index contributed by atoms with van der Waals surface area (Å²) < 4.78 is 41.0. The van der Waals surface area contributed by atoms with Crippen molar-refractivity contribution in [2.75, 3.05) is 0 Å². The number of Topliss-reactive ketones (excluding diaryl/α,β-unsaturated/α-hetero) is 1. The maximum Gasteiger partial charge on any atom is 0.417 e. The summed E-state index contributed by atoms with van der Waals surface area (Å²) in [4.78, 5) is 35.6. The van der Waals surface area contributed by atoms with Crippen molar-refractivity contribution in [3.8, 4) is 11.1 Å². The van der Waals surface area contributed by atoms with Crippen molar-refractivity contribution in [1.82, 2.24) is 4.57 Å². The number of hydrogen-bond acceptors (Lipinski definition) is 3. The van der Waals surface area contributed by atoms with Crippen LogP contribution in [0.2, 0.25) is 5.02 Å². The number of benzene rings is 1. The molecule has 0 unspecified atom stereocenters. The number of aromatic nitrogens is 1. The number of halogens is 4. The predicted octanol–water partition coefficient (Wildman–Crippen LogP) is 3.40. The molecule has 26 heavy (non-hydrogen) atoms. The van der Waals surface area contributed by atoms with Gasteiger partial charge in [-0.25, -0.2) is 0 Å². The fourth-order valence-corrected chi connectivity index (χ4v) is 3.30. The molecule has 1 aromatic heterocycles. The summed E-state index contributed by atoms with van der Waals surface area (Å²) in [6.07, 6.45) is -4.63. The Morgan fingerprint density at radius 2 is 1.85 bits per heavy atom. The molecule has 1 heterocycles. The van der Waals surface area contributed by atoms with Crippen LogP contribution >= 0.6 is 11.6 Å². The minimum absolute atomic E-state index is 0.00662. The molecule has 0 saturated carbocycles. The minimum atomic E-state index is -4.72. The lowest BCUT2D eigenvalue weighted by Crippen LogP contribution is -2.27. The number of carbonyl (C=O) groups excluding carboxylic acids is 1. The van der Waals surface area contributed by atoms with Gasteiger partial charge in [0.15, 0.2) is 5.78 Å². The van der Waals surface area contributed by atoms with Crippen molar-refractivity contribution in [3.05, 3.63) is 56.5 Å². The molecule has 1 aliphatic rings. The third-order valence-corrected chi connectivity index (χ3v) is 4.39. The second-order valence-corrected chi connectivity index (χ2v) is 6.25. The van der Waals surface area contributed by atoms with Crippen molar-refractivity contribution in [1.29, 1.82) is 0 Å². The second-order valence-electron chi connectivity index (χ2n) is 5.81. The molecule has 2 aromatic rings.